The van der Waals surface area contributed by atoms with Crippen LogP contribution < -0.4 is 5.73 Å². The van der Waals surface area contributed by atoms with Gasteiger partial charge in [0, 0.05) is 28.8 Å². The molecule has 0 atom stereocenters. The van der Waals surface area contributed by atoms with Crippen LogP contribution >= 0.6 is 24.2 Å². The molecule has 0 aliphatic heterocycles. The number of hydrogen-bond acceptors (Lipinski definition) is 10. The number of carbonyl (C=O) groups excluding carboxylic acids is 3. The standard InChI is InChI=1S/C18H26N4O6S.ClH.H2O/c1-5-26-17(24)28-8-7-15(29-18(25)27-6-2)12(3)22(11-23)10-14-9-20-13(4)21-16(14)19;;/h9,11H,5-8,10H2,1-4H3,(H2,19,20,21);1H;1H2/b15-12+;;. The second-order valence-electron chi connectivity index (χ2n) is 5.64. The van der Waals surface area contributed by atoms with E-state index in [-0.39, 0.29) is 56.5 Å². The molecule has 0 spiro atoms. The minimum Gasteiger partial charge on any atom is -0.458 e. The van der Waals surface area contributed by atoms with E-state index in [1.54, 1.807) is 33.9 Å². The van der Waals surface area contributed by atoms with Crippen molar-refractivity contribution >= 4 is 47.9 Å². The minimum atomic E-state index is -0.803. The van der Waals surface area contributed by atoms with Gasteiger partial charge >= 0.3 is 11.5 Å². The van der Waals surface area contributed by atoms with Crippen LogP contribution in [0.5, 0.6) is 0 Å². The normalized spacial score (nSPS) is 10.6. The number of anilines is 1. The fourth-order valence-electron chi connectivity index (χ4n) is 2.15. The maximum absolute atomic E-state index is 11.9. The van der Waals surface area contributed by atoms with E-state index in [0.717, 1.165) is 11.8 Å². The molecule has 0 saturated carbocycles. The molecule has 13 heteroatoms. The molecule has 0 unspecified atom stereocenters. The van der Waals surface area contributed by atoms with E-state index in [4.69, 9.17) is 19.9 Å². The molecule has 1 heterocycles. The van der Waals surface area contributed by atoms with Crippen LogP contribution in [0.15, 0.2) is 16.8 Å². The number of halogens is 1. The summed E-state index contributed by atoms with van der Waals surface area (Å²) in [5.74, 6) is 0.785. The van der Waals surface area contributed by atoms with E-state index in [1.807, 2.05) is 0 Å². The molecule has 4 N–H and O–H groups in total. The molecule has 0 saturated heterocycles. The molecule has 0 fully saturated rings. The van der Waals surface area contributed by atoms with Gasteiger partial charge in [0.1, 0.15) is 11.6 Å². The number of aryl methyl sites for hydroxylation is 1. The van der Waals surface area contributed by atoms with E-state index in [1.165, 1.54) is 4.90 Å². The molecule has 176 valence electrons. The lowest BCUT2D eigenvalue weighted by molar-refractivity contribution is -0.116. The van der Waals surface area contributed by atoms with Gasteiger partial charge in [-0.2, -0.15) is 0 Å². The van der Waals surface area contributed by atoms with Crippen molar-refractivity contribution in [3.63, 3.8) is 0 Å². The largest absolute Gasteiger partial charge is 0.508 e. The molecule has 11 nitrogen and oxygen atoms in total. The lowest BCUT2D eigenvalue weighted by atomic mass is 10.2. The van der Waals surface area contributed by atoms with Crippen LogP contribution in [-0.2, 0) is 25.5 Å². The average Bonchev–Trinajstić information content (AvgIpc) is 2.66. The third-order valence-electron chi connectivity index (χ3n) is 3.60. The summed E-state index contributed by atoms with van der Waals surface area (Å²) >= 11 is 0.827. The Hall–Kier alpha value is -2.57. The summed E-state index contributed by atoms with van der Waals surface area (Å²) in [5, 5.41) is -0.526. The van der Waals surface area contributed by atoms with Crippen molar-refractivity contribution in [2.45, 2.75) is 40.7 Å². The quantitative estimate of drug-likeness (QED) is 0.388. The molecular formula is C18H29ClN4O7S. The molecule has 31 heavy (non-hydrogen) atoms. The van der Waals surface area contributed by atoms with Gasteiger partial charge in [-0.3, -0.25) is 4.79 Å². The molecular weight excluding hydrogens is 452 g/mol. The maximum atomic E-state index is 11.9. The van der Waals surface area contributed by atoms with Gasteiger partial charge in [0.2, 0.25) is 6.41 Å². The lowest BCUT2D eigenvalue weighted by Crippen LogP contribution is -2.22. The lowest BCUT2D eigenvalue weighted by Gasteiger charge is -2.22. The Morgan fingerprint density at radius 3 is 2.42 bits per heavy atom. The van der Waals surface area contributed by atoms with Crippen molar-refractivity contribution in [3.8, 4) is 0 Å². The zero-order chi connectivity index (χ0) is 21.8. The second-order valence-corrected chi connectivity index (χ2v) is 6.67. The first-order valence-electron chi connectivity index (χ1n) is 8.96. The number of rotatable bonds is 10. The third kappa shape index (κ3) is 10.9. The molecule has 1 aromatic rings. The van der Waals surface area contributed by atoms with Gasteiger partial charge in [0.25, 0.3) is 0 Å². The Kier molecular flexibility index (Phi) is 16.0. The molecule has 0 aliphatic carbocycles. The first kappa shape index (κ1) is 30.6. The Morgan fingerprint density at radius 2 is 1.87 bits per heavy atom. The summed E-state index contributed by atoms with van der Waals surface area (Å²) in [7, 11) is 0. The van der Waals surface area contributed by atoms with Crippen LogP contribution in [0, 0.1) is 6.92 Å². The molecule has 1 aromatic heterocycles. The number of amides is 1. The van der Waals surface area contributed by atoms with Crippen LogP contribution in [0.3, 0.4) is 0 Å². The number of aromatic nitrogens is 2. The average molecular weight is 481 g/mol. The number of nitrogens with two attached hydrogens (primary N) is 1. The minimum absolute atomic E-state index is 0. The Bertz CT molecular complexity index is 764. The van der Waals surface area contributed by atoms with Crippen LogP contribution in [0.4, 0.5) is 15.4 Å². The predicted molar refractivity (Wildman–Crippen MR) is 119 cm³/mol. The van der Waals surface area contributed by atoms with Gasteiger partial charge in [-0.15, -0.1) is 12.4 Å². The summed E-state index contributed by atoms with van der Waals surface area (Å²) < 4.78 is 14.6. The summed E-state index contributed by atoms with van der Waals surface area (Å²) in [4.78, 5) is 45.0. The van der Waals surface area contributed by atoms with Gasteiger partial charge in [0.15, 0.2) is 0 Å². The van der Waals surface area contributed by atoms with Gasteiger partial charge in [0.05, 0.1) is 26.4 Å². The number of nitrogens with zero attached hydrogens (tertiary/aromatic N) is 3. The fraction of sp³-hybridized carbons (Fsp3) is 0.500. The molecule has 0 aromatic carbocycles. The van der Waals surface area contributed by atoms with Crippen LogP contribution in [0.25, 0.3) is 0 Å². The number of carbonyl (C=O) groups is 3. The summed E-state index contributed by atoms with van der Waals surface area (Å²) in [6.07, 6.45) is 1.55. The number of ether oxygens (including phenoxy) is 3. The molecule has 1 amide bonds. The molecule has 1 rings (SSSR count). The summed E-state index contributed by atoms with van der Waals surface area (Å²) in [6, 6.07) is 0. The van der Waals surface area contributed by atoms with Crippen LogP contribution in [0.2, 0.25) is 0 Å². The first-order valence-corrected chi connectivity index (χ1v) is 9.77. The zero-order valence-corrected chi connectivity index (χ0v) is 19.5. The van der Waals surface area contributed by atoms with Gasteiger partial charge in [-0.1, -0.05) is 0 Å². The van der Waals surface area contributed by atoms with Gasteiger partial charge in [-0.25, -0.2) is 19.6 Å². The number of allylic oxidation sites excluding steroid dienone is 1. The van der Waals surface area contributed by atoms with Crippen molar-refractivity contribution in [2.75, 3.05) is 25.6 Å². The highest BCUT2D eigenvalue weighted by molar-refractivity contribution is 8.16. The highest BCUT2D eigenvalue weighted by Gasteiger charge is 2.18. The third-order valence-corrected chi connectivity index (χ3v) is 4.63. The van der Waals surface area contributed by atoms with E-state index in [2.05, 4.69) is 9.97 Å². The maximum Gasteiger partial charge on any atom is 0.508 e. The number of thioether (sulfide) groups is 1. The predicted octanol–water partition coefficient (Wildman–Crippen LogP) is 2.61. The van der Waals surface area contributed by atoms with E-state index < -0.39 is 11.5 Å². The smallest absolute Gasteiger partial charge is 0.458 e. The van der Waals surface area contributed by atoms with Crippen molar-refractivity contribution in [3.05, 3.63) is 28.2 Å². The number of hydrogen-bond donors (Lipinski definition) is 1. The fourth-order valence-corrected chi connectivity index (χ4v) is 2.98. The summed E-state index contributed by atoms with van der Waals surface area (Å²) in [6.45, 7) is 7.23. The van der Waals surface area contributed by atoms with Crippen LogP contribution in [0.1, 0.15) is 38.6 Å². The molecule has 0 bridgehead atoms. The highest BCUT2D eigenvalue weighted by Crippen LogP contribution is 2.28. The van der Waals surface area contributed by atoms with E-state index in [0.29, 0.717) is 28.4 Å². The van der Waals surface area contributed by atoms with Crippen molar-refractivity contribution in [1.29, 1.82) is 0 Å². The number of nitrogen functional groups attached to an aromatic ring is 1. The van der Waals surface area contributed by atoms with Crippen LogP contribution in [-0.4, -0.2) is 58.0 Å². The Labute approximate surface area is 191 Å². The Balaban J connectivity index is 0. The molecule has 0 aliphatic rings. The van der Waals surface area contributed by atoms with Crippen molar-refractivity contribution in [2.24, 2.45) is 0 Å². The first-order chi connectivity index (χ1) is 13.8. The monoisotopic (exact) mass is 480 g/mol. The van der Waals surface area contributed by atoms with Gasteiger partial charge in [-0.05, 0) is 39.5 Å². The van der Waals surface area contributed by atoms with Crippen molar-refractivity contribution in [1.82, 2.24) is 14.9 Å². The second kappa shape index (κ2) is 16.2. The van der Waals surface area contributed by atoms with E-state index >= 15 is 0 Å². The van der Waals surface area contributed by atoms with E-state index in [9.17, 15) is 14.4 Å². The van der Waals surface area contributed by atoms with Gasteiger partial charge < -0.3 is 30.3 Å². The highest BCUT2D eigenvalue weighted by atomic mass is 35.5. The zero-order valence-electron chi connectivity index (χ0n) is 17.9. The molecule has 0 radical (unpaired) electrons. The summed E-state index contributed by atoms with van der Waals surface area (Å²) in [5.41, 5.74) is 6.95. The topological polar surface area (TPSA) is 165 Å². The van der Waals surface area contributed by atoms with Crippen molar-refractivity contribution < 1.29 is 34.1 Å². The SMILES string of the molecule is CCOC(=O)OCC/C(SC(=O)OCC)=C(/C)N(C=O)Cc1cnc(C)nc1N.Cl.O. The Morgan fingerprint density at radius 1 is 1.23 bits per heavy atom.